The number of aryl methyl sites for hydroxylation is 1. The first kappa shape index (κ1) is 13.3. The minimum atomic E-state index is -0.987. The molecule has 0 bridgehead atoms. The zero-order chi connectivity index (χ0) is 14.0. The van der Waals surface area contributed by atoms with Gasteiger partial charge in [0.25, 0.3) is 5.56 Å². The molecule has 100 valence electrons. The van der Waals surface area contributed by atoms with E-state index in [1.165, 1.54) is 16.8 Å². The molecule has 0 aliphatic heterocycles. The van der Waals surface area contributed by atoms with Crippen LogP contribution < -0.4 is 11.2 Å². The fourth-order valence-corrected chi connectivity index (χ4v) is 2.52. The van der Waals surface area contributed by atoms with Crippen LogP contribution in [0.4, 0.5) is 0 Å². The molecule has 0 amide bonds. The summed E-state index contributed by atoms with van der Waals surface area (Å²) in [6.45, 7) is 2.08. The van der Waals surface area contributed by atoms with E-state index in [1.807, 2.05) is 6.92 Å². The first-order chi connectivity index (χ1) is 9.01. The third kappa shape index (κ3) is 2.82. The van der Waals surface area contributed by atoms with Crippen molar-refractivity contribution in [2.45, 2.75) is 19.9 Å². The molecule has 7 heteroatoms. The Morgan fingerprint density at radius 2 is 2.16 bits per heavy atom. The number of carboxylic acids is 1. The molecule has 0 saturated heterocycles. The number of carboxylic acid groups (broad SMARTS) is 1. The van der Waals surface area contributed by atoms with Crippen molar-refractivity contribution in [1.82, 2.24) is 9.55 Å². The van der Waals surface area contributed by atoms with Crippen molar-refractivity contribution in [3.05, 3.63) is 54.5 Å². The molecular formula is C12H12N2O4S. The maximum absolute atomic E-state index is 11.6. The Morgan fingerprint density at radius 3 is 2.74 bits per heavy atom. The topological polar surface area (TPSA) is 92.2 Å². The van der Waals surface area contributed by atoms with Gasteiger partial charge >= 0.3 is 11.7 Å². The van der Waals surface area contributed by atoms with E-state index < -0.39 is 11.7 Å². The van der Waals surface area contributed by atoms with Crippen molar-refractivity contribution < 1.29 is 9.90 Å². The van der Waals surface area contributed by atoms with Crippen LogP contribution in [-0.2, 0) is 13.0 Å². The molecule has 0 aliphatic carbocycles. The lowest BCUT2D eigenvalue weighted by Gasteiger charge is -2.04. The molecule has 0 atom stereocenters. The summed E-state index contributed by atoms with van der Waals surface area (Å²) < 4.78 is 1.37. The molecule has 2 heterocycles. The summed E-state index contributed by atoms with van der Waals surface area (Å²) in [7, 11) is 0. The number of hydrogen-bond donors (Lipinski definition) is 2. The number of carbonyl (C=O) groups is 1. The monoisotopic (exact) mass is 280 g/mol. The normalized spacial score (nSPS) is 10.6. The lowest BCUT2D eigenvalue weighted by Crippen LogP contribution is -2.31. The summed E-state index contributed by atoms with van der Waals surface area (Å²) in [6, 6.07) is 3.16. The van der Waals surface area contributed by atoms with Crippen LogP contribution in [0.2, 0.25) is 0 Å². The number of aromatic carboxylic acids is 1. The number of aromatic nitrogens is 2. The number of nitrogens with one attached hydrogen (secondary N) is 1. The number of rotatable bonds is 4. The maximum Gasteiger partial charge on any atom is 0.345 e. The molecule has 19 heavy (non-hydrogen) atoms. The predicted molar refractivity (Wildman–Crippen MR) is 71.1 cm³/mol. The lowest BCUT2D eigenvalue weighted by molar-refractivity contribution is 0.0702. The van der Waals surface area contributed by atoms with Gasteiger partial charge in [-0.05, 0) is 18.6 Å². The molecule has 0 fully saturated rings. The van der Waals surface area contributed by atoms with Gasteiger partial charge in [-0.3, -0.25) is 14.3 Å². The quantitative estimate of drug-likeness (QED) is 0.870. The van der Waals surface area contributed by atoms with E-state index >= 15 is 0 Å². The van der Waals surface area contributed by atoms with Crippen molar-refractivity contribution >= 4 is 17.3 Å². The van der Waals surface area contributed by atoms with E-state index in [1.54, 1.807) is 6.07 Å². The van der Waals surface area contributed by atoms with Crippen LogP contribution in [0.5, 0.6) is 0 Å². The van der Waals surface area contributed by atoms with E-state index in [0.29, 0.717) is 12.0 Å². The number of H-pyrrole nitrogens is 1. The second-order valence-corrected chi connectivity index (χ2v) is 5.13. The van der Waals surface area contributed by atoms with Crippen LogP contribution >= 0.6 is 11.3 Å². The van der Waals surface area contributed by atoms with Gasteiger partial charge in [0.15, 0.2) is 0 Å². The van der Waals surface area contributed by atoms with Crippen LogP contribution in [0.25, 0.3) is 0 Å². The van der Waals surface area contributed by atoms with Crippen LogP contribution in [-0.4, -0.2) is 20.6 Å². The van der Waals surface area contributed by atoms with Gasteiger partial charge in [-0.1, -0.05) is 6.92 Å². The highest BCUT2D eigenvalue weighted by Crippen LogP contribution is 2.16. The zero-order valence-corrected chi connectivity index (χ0v) is 11.0. The van der Waals surface area contributed by atoms with E-state index in [4.69, 9.17) is 5.11 Å². The summed E-state index contributed by atoms with van der Waals surface area (Å²) in [4.78, 5) is 37.1. The molecule has 0 aromatic carbocycles. The van der Waals surface area contributed by atoms with Gasteiger partial charge in [0.2, 0.25) is 0 Å². The van der Waals surface area contributed by atoms with Crippen molar-refractivity contribution in [2.75, 3.05) is 0 Å². The Kier molecular flexibility index (Phi) is 3.66. The molecule has 0 unspecified atom stereocenters. The summed E-state index contributed by atoms with van der Waals surface area (Å²) in [6.07, 6.45) is 2.04. The van der Waals surface area contributed by atoms with Gasteiger partial charge < -0.3 is 5.11 Å². The number of thiophene rings is 1. The molecule has 0 aliphatic rings. The average molecular weight is 280 g/mol. The third-order valence-corrected chi connectivity index (χ3v) is 3.72. The summed E-state index contributed by atoms with van der Waals surface area (Å²) in [5.41, 5.74) is -0.344. The fraction of sp³-hybridized carbons (Fsp3) is 0.250. The van der Waals surface area contributed by atoms with Gasteiger partial charge in [0.05, 0.1) is 6.54 Å². The largest absolute Gasteiger partial charge is 0.477 e. The Balaban J connectivity index is 2.35. The van der Waals surface area contributed by atoms with Crippen molar-refractivity contribution in [1.29, 1.82) is 0 Å². The second kappa shape index (κ2) is 5.23. The van der Waals surface area contributed by atoms with Gasteiger partial charge in [-0.15, -0.1) is 11.3 Å². The van der Waals surface area contributed by atoms with Gasteiger partial charge in [0, 0.05) is 16.6 Å². The number of nitrogens with zero attached hydrogens (tertiary/aromatic N) is 1. The number of hydrogen-bond acceptors (Lipinski definition) is 4. The summed E-state index contributed by atoms with van der Waals surface area (Å²) >= 11 is 1.11. The first-order valence-electron chi connectivity index (χ1n) is 5.66. The van der Waals surface area contributed by atoms with Gasteiger partial charge in [-0.25, -0.2) is 9.59 Å². The average Bonchev–Trinajstić information content (AvgIpc) is 2.81. The molecule has 0 saturated carbocycles. The Bertz CT molecular complexity index is 726. The Hall–Kier alpha value is -2.15. The smallest absolute Gasteiger partial charge is 0.345 e. The van der Waals surface area contributed by atoms with Crippen molar-refractivity contribution in [2.24, 2.45) is 0 Å². The van der Waals surface area contributed by atoms with Crippen molar-refractivity contribution in [3.8, 4) is 0 Å². The van der Waals surface area contributed by atoms with Gasteiger partial charge in [-0.2, -0.15) is 0 Å². The van der Waals surface area contributed by atoms with E-state index in [0.717, 1.165) is 16.2 Å². The van der Waals surface area contributed by atoms with E-state index in [2.05, 4.69) is 4.98 Å². The molecule has 6 nitrogen and oxygen atoms in total. The zero-order valence-electron chi connectivity index (χ0n) is 10.2. The van der Waals surface area contributed by atoms with Crippen molar-refractivity contribution in [3.63, 3.8) is 0 Å². The van der Waals surface area contributed by atoms with Gasteiger partial charge in [0.1, 0.15) is 4.88 Å². The highest BCUT2D eigenvalue weighted by atomic mass is 32.1. The van der Waals surface area contributed by atoms with Crippen LogP contribution in [0.15, 0.2) is 27.9 Å². The van der Waals surface area contributed by atoms with E-state index in [-0.39, 0.29) is 17.0 Å². The molecule has 2 rings (SSSR count). The molecule has 0 spiro atoms. The molecule has 2 N–H and O–H groups in total. The Labute approximate surface area is 112 Å². The molecule has 0 radical (unpaired) electrons. The highest BCUT2D eigenvalue weighted by molar-refractivity contribution is 7.13. The Morgan fingerprint density at radius 1 is 1.42 bits per heavy atom. The predicted octanol–water partition coefficient (Wildman–Crippen LogP) is 0.907. The first-order valence-corrected chi connectivity index (χ1v) is 6.47. The molecular weight excluding hydrogens is 268 g/mol. The minimum absolute atomic E-state index is 0.225. The highest BCUT2D eigenvalue weighted by Gasteiger charge is 2.09. The minimum Gasteiger partial charge on any atom is -0.477 e. The summed E-state index contributed by atoms with van der Waals surface area (Å²) in [5.74, 6) is -0.987. The fourth-order valence-electron chi connectivity index (χ4n) is 1.67. The molecule has 2 aromatic rings. The van der Waals surface area contributed by atoms with Crippen LogP contribution in [0.3, 0.4) is 0 Å². The third-order valence-electron chi connectivity index (χ3n) is 2.66. The standard InChI is InChI=1S/C12H12N2O4S/c1-2-7-5-14(12(18)13-10(7)15)6-8-3-4-9(19-8)11(16)17/h3-5H,2,6H2,1H3,(H,16,17)(H,13,15,18). The SMILES string of the molecule is CCc1cn(Cc2ccc(C(=O)O)s2)c(=O)[nH]c1=O. The van der Waals surface area contributed by atoms with Crippen LogP contribution in [0.1, 0.15) is 27.0 Å². The lowest BCUT2D eigenvalue weighted by atomic mass is 10.2. The second-order valence-electron chi connectivity index (χ2n) is 3.97. The van der Waals surface area contributed by atoms with Crippen LogP contribution in [0, 0.1) is 0 Å². The molecule has 2 aromatic heterocycles. The van der Waals surface area contributed by atoms with E-state index in [9.17, 15) is 14.4 Å². The number of aromatic amines is 1. The maximum atomic E-state index is 11.6. The summed E-state index contributed by atoms with van der Waals surface area (Å²) in [5, 5.41) is 8.83.